The van der Waals surface area contributed by atoms with Gasteiger partial charge < -0.3 is 5.11 Å². The smallest absolute Gasteiger partial charge is 0.0688 e. The normalized spacial score (nSPS) is 22.4. The molecule has 0 aliphatic heterocycles. The van der Waals surface area contributed by atoms with E-state index in [0.29, 0.717) is 5.41 Å². The van der Waals surface area contributed by atoms with Crippen molar-refractivity contribution in [3.05, 3.63) is 34.3 Å². The van der Waals surface area contributed by atoms with Crippen LogP contribution in [-0.4, -0.2) is 10.7 Å². The molecule has 1 N–H and O–H groups in total. The lowest BCUT2D eigenvalue weighted by Crippen LogP contribution is -2.38. The van der Waals surface area contributed by atoms with E-state index in [1.54, 1.807) is 0 Å². The standard InChI is InChI=1S/C15H21BrO/c1-14(2)7-9-15(17,10-8-14)11-12-3-5-13(16)6-4-12/h3-6,17H,7-11H2,1-2H3. The largest absolute Gasteiger partial charge is 0.390 e. The lowest BCUT2D eigenvalue weighted by molar-refractivity contribution is -0.0251. The molecule has 0 radical (unpaired) electrons. The second-order valence-corrected chi connectivity index (χ2v) is 7.11. The molecule has 94 valence electrons. The van der Waals surface area contributed by atoms with E-state index in [4.69, 9.17) is 0 Å². The number of benzene rings is 1. The number of hydrogen-bond acceptors (Lipinski definition) is 1. The fraction of sp³-hybridized carbons (Fsp3) is 0.600. The van der Waals surface area contributed by atoms with E-state index < -0.39 is 5.60 Å². The van der Waals surface area contributed by atoms with Crippen molar-refractivity contribution in [2.24, 2.45) is 5.41 Å². The molecular formula is C15H21BrO. The lowest BCUT2D eigenvalue weighted by atomic mass is 9.69. The fourth-order valence-corrected chi connectivity index (χ4v) is 2.82. The van der Waals surface area contributed by atoms with Gasteiger partial charge in [-0.05, 0) is 48.8 Å². The van der Waals surface area contributed by atoms with Crippen molar-refractivity contribution < 1.29 is 5.11 Å². The summed E-state index contributed by atoms with van der Waals surface area (Å²) in [5, 5.41) is 10.6. The predicted octanol–water partition coefficient (Wildman–Crippen LogP) is 4.32. The first-order valence-electron chi connectivity index (χ1n) is 6.36. The van der Waals surface area contributed by atoms with Gasteiger partial charge in [0.15, 0.2) is 0 Å². The highest BCUT2D eigenvalue weighted by molar-refractivity contribution is 9.10. The Labute approximate surface area is 112 Å². The number of rotatable bonds is 2. The van der Waals surface area contributed by atoms with Gasteiger partial charge in [0.05, 0.1) is 5.60 Å². The minimum Gasteiger partial charge on any atom is -0.390 e. The van der Waals surface area contributed by atoms with Crippen molar-refractivity contribution in [3.8, 4) is 0 Å². The zero-order valence-corrected chi connectivity index (χ0v) is 12.3. The Bertz CT molecular complexity index is 370. The van der Waals surface area contributed by atoms with Gasteiger partial charge in [-0.1, -0.05) is 41.9 Å². The van der Waals surface area contributed by atoms with Crippen LogP contribution in [0.5, 0.6) is 0 Å². The van der Waals surface area contributed by atoms with E-state index in [0.717, 1.165) is 36.6 Å². The van der Waals surface area contributed by atoms with Crippen molar-refractivity contribution in [1.29, 1.82) is 0 Å². The lowest BCUT2D eigenvalue weighted by Gasteiger charge is -2.40. The van der Waals surface area contributed by atoms with Crippen LogP contribution in [-0.2, 0) is 6.42 Å². The molecule has 1 aliphatic rings. The summed E-state index contributed by atoms with van der Waals surface area (Å²) in [6.07, 6.45) is 4.89. The van der Waals surface area contributed by atoms with Crippen LogP contribution in [0.4, 0.5) is 0 Å². The molecule has 0 heterocycles. The van der Waals surface area contributed by atoms with E-state index in [9.17, 15) is 5.11 Å². The highest BCUT2D eigenvalue weighted by Crippen LogP contribution is 2.41. The molecule has 1 aromatic carbocycles. The molecule has 1 fully saturated rings. The zero-order valence-electron chi connectivity index (χ0n) is 10.7. The summed E-state index contributed by atoms with van der Waals surface area (Å²) in [6.45, 7) is 4.60. The van der Waals surface area contributed by atoms with Crippen LogP contribution in [0.15, 0.2) is 28.7 Å². The van der Waals surface area contributed by atoms with Crippen LogP contribution >= 0.6 is 15.9 Å². The molecule has 2 heteroatoms. The quantitative estimate of drug-likeness (QED) is 0.861. The molecule has 0 amide bonds. The molecule has 2 rings (SSSR count). The molecular weight excluding hydrogens is 276 g/mol. The Morgan fingerprint density at radius 2 is 1.59 bits per heavy atom. The first-order chi connectivity index (χ1) is 7.89. The van der Waals surface area contributed by atoms with Crippen LogP contribution in [0.25, 0.3) is 0 Å². The summed E-state index contributed by atoms with van der Waals surface area (Å²) >= 11 is 3.44. The summed E-state index contributed by atoms with van der Waals surface area (Å²) in [4.78, 5) is 0. The molecule has 0 aromatic heterocycles. The van der Waals surface area contributed by atoms with Gasteiger partial charge in [0.2, 0.25) is 0 Å². The Morgan fingerprint density at radius 1 is 1.06 bits per heavy atom. The monoisotopic (exact) mass is 296 g/mol. The van der Waals surface area contributed by atoms with Crippen LogP contribution in [0, 0.1) is 5.41 Å². The third-order valence-electron chi connectivity index (χ3n) is 3.98. The second-order valence-electron chi connectivity index (χ2n) is 6.19. The number of hydrogen-bond donors (Lipinski definition) is 1. The third-order valence-corrected chi connectivity index (χ3v) is 4.51. The van der Waals surface area contributed by atoms with Crippen molar-refractivity contribution in [2.45, 2.75) is 51.6 Å². The summed E-state index contributed by atoms with van der Waals surface area (Å²) < 4.78 is 1.10. The SMILES string of the molecule is CC1(C)CCC(O)(Cc2ccc(Br)cc2)CC1. The van der Waals surface area contributed by atoms with Crippen LogP contribution in [0.2, 0.25) is 0 Å². The third kappa shape index (κ3) is 3.56. The average Bonchev–Trinajstić information content (AvgIpc) is 2.27. The van der Waals surface area contributed by atoms with E-state index in [2.05, 4.69) is 41.9 Å². The highest BCUT2D eigenvalue weighted by atomic mass is 79.9. The molecule has 0 saturated heterocycles. The van der Waals surface area contributed by atoms with Crippen molar-refractivity contribution in [2.75, 3.05) is 0 Å². The number of halogens is 1. The van der Waals surface area contributed by atoms with E-state index in [1.807, 2.05) is 12.1 Å². The maximum atomic E-state index is 10.6. The van der Waals surface area contributed by atoms with Crippen molar-refractivity contribution >= 4 is 15.9 Å². The maximum Gasteiger partial charge on any atom is 0.0688 e. The first-order valence-corrected chi connectivity index (χ1v) is 7.15. The Hall–Kier alpha value is -0.340. The predicted molar refractivity (Wildman–Crippen MR) is 75.0 cm³/mol. The van der Waals surface area contributed by atoms with E-state index in [1.165, 1.54) is 5.56 Å². The molecule has 1 nitrogen and oxygen atoms in total. The van der Waals surface area contributed by atoms with Gasteiger partial charge in [-0.2, -0.15) is 0 Å². The molecule has 0 atom stereocenters. The molecule has 1 aliphatic carbocycles. The van der Waals surface area contributed by atoms with Crippen LogP contribution in [0.3, 0.4) is 0 Å². The summed E-state index contributed by atoms with van der Waals surface area (Å²) in [7, 11) is 0. The fourth-order valence-electron chi connectivity index (χ4n) is 2.55. The Morgan fingerprint density at radius 3 is 2.12 bits per heavy atom. The summed E-state index contributed by atoms with van der Waals surface area (Å²) in [5.41, 5.74) is 1.16. The van der Waals surface area contributed by atoms with E-state index in [-0.39, 0.29) is 0 Å². The molecule has 1 saturated carbocycles. The topological polar surface area (TPSA) is 20.2 Å². The molecule has 0 unspecified atom stereocenters. The minimum absolute atomic E-state index is 0.409. The maximum absolute atomic E-state index is 10.6. The number of aliphatic hydroxyl groups is 1. The Balaban J connectivity index is 2.01. The molecule has 0 bridgehead atoms. The van der Waals surface area contributed by atoms with Gasteiger partial charge in [0, 0.05) is 10.9 Å². The van der Waals surface area contributed by atoms with Gasteiger partial charge in [0.1, 0.15) is 0 Å². The van der Waals surface area contributed by atoms with Crippen LogP contribution in [0.1, 0.15) is 45.1 Å². The summed E-state index contributed by atoms with van der Waals surface area (Å²) in [6, 6.07) is 8.29. The zero-order chi connectivity index (χ0) is 12.5. The van der Waals surface area contributed by atoms with E-state index >= 15 is 0 Å². The van der Waals surface area contributed by atoms with Gasteiger partial charge in [-0.3, -0.25) is 0 Å². The second kappa shape index (κ2) is 4.74. The Kier molecular flexibility index (Phi) is 3.65. The first kappa shape index (κ1) is 13.1. The molecule has 1 aromatic rings. The van der Waals surface area contributed by atoms with Gasteiger partial charge in [-0.25, -0.2) is 0 Å². The minimum atomic E-state index is -0.483. The molecule has 17 heavy (non-hydrogen) atoms. The summed E-state index contributed by atoms with van der Waals surface area (Å²) in [5.74, 6) is 0. The van der Waals surface area contributed by atoms with Crippen molar-refractivity contribution in [3.63, 3.8) is 0 Å². The van der Waals surface area contributed by atoms with Crippen molar-refractivity contribution in [1.82, 2.24) is 0 Å². The van der Waals surface area contributed by atoms with Gasteiger partial charge >= 0.3 is 0 Å². The molecule has 0 spiro atoms. The van der Waals surface area contributed by atoms with Crippen LogP contribution < -0.4 is 0 Å². The average molecular weight is 297 g/mol. The highest BCUT2D eigenvalue weighted by Gasteiger charge is 2.36. The van der Waals surface area contributed by atoms with Gasteiger partial charge in [-0.15, -0.1) is 0 Å². The van der Waals surface area contributed by atoms with Gasteiger partial charge in [0.25, 0.3) is 0 Å².